The van der Waals surface area contributed by atoms with Gasteiger partial charge in [0.2, 0.25) is 11.1 Å². The van der Waals surface area contributed by atoms with E-state index in [0.717, 1.165) is 6.20 Å². The lowest BCUT2D eigenvalue weighted by molar-refractivity contribution is -0.384. The second-order valence-corrected chi connectivity index (χ2v) is 6.74. The molecule has 1 saturated heterocycles. The summed E-state index contributed by atoms with van der Waals surface area (Å²) >= 11 is 5.65. The van der Waals surface area contributed by atoms with E-state index in [-0.39, 0.29) is 34.8 Å². The molecule has 0 aliphatic carbocycles. The normalized spacial score (nSPS) is 18.9. The summed E-state index contributed by atoms with van der Waals surface area (Å²) in [6.07, 6.45) is 1.44. The molecule has 0 bridgehead atoms. The molecule has 0 saturated carbocycles. The highest BCUT2D eigenvalue weighted by molar-refractivity contribution is 7.91. The summed E-state index contributed by atoms with van der Waals surface area (Å²) in [6.45, 7) is 0.546. The van der Waals surface area contributed by atoms with E-state index >= 15 is 0 Å². The fourth-order valence-corrected chi connectivity index (χ4v) is 3.26. The zero-order valence-electron chi connectivity index (χ0n) is 9.82. The van der Waals surface area contributed by atoms with Crippen molar-refractivity contribution in [1.82, 2.24) is 9.97 Å². The molecule has 2 rings (SSSR count). The summed E-state index contributed by atoms with van der Waals surface area (Å²) < 4.78 is 23.0. The van der Waals surface area contributed by atoms with Gasteiger partial charge in [-0.1, -0.05) is 0 Å². The number of anilines is 1. The number of hydrogen-bond donors (Lipinski definition) is 0. The van der Waals surface area contributed by atoms with Crippen LogP contribution < -0.4 is 4.90 Å². The van der Waals surface area contributed by atoms with Crippen molar-refractivity contribution in [2.24, 2.45) is 0 Å². The van der Waals surface area contributed by atoms with Crippen LogP contribution in [-0.4, -0.2) is 47.9 Å². The van der Waals surface area contributed by atoms with Crippen molar-refractivity contribution in [2.75, 3.05) is 29.5 Å². The number of rotatable bonds is 2. The number of hydrogen-bond acceptors (Lipinski definition) is 7. The average molecular weight is 307 g/mol. The van der Waals surface area contributed by atoms with E-state index in [4.69, 9.17) is 11.6 Å². The lowest BCUT2D eigenvalue weighted by atomic mass is 10.3. The Labute approximate surface area is 114 Å². The van der Waals surface area contributed by atoms with Crippen molar-refractivity contribution in [2.45, 2.75) is 6.42 Å². The molecule has 8 nitrogen and oxygen atoms in total. The Balaban J connectivity index is 2.35. The van der Waals surface area contributed by atoms with Gasteiger partial charge in [-0.2, -0.15) is 4.98 Å². The van der Waals surface area contributed by atoms with Crippen LogP contribution >= 0.6 is 11.6 Å². The largest absolute Gasteiger partial charge is 0.350 e. The summed E-state index contributed by atoms with van der Waals surface area (Å²) in [5.41, 5.74) is -0.274. The maximum atomic E-state index is 11.5. The Morgan fingerprint density at radius 1 is 1.37 bits per heavy atom. The molecule has 0 aromatic carbocycles. The monoisotopic (exact) mass is 306 g/mol. The minimum absolute atomic E-state index is 0.0498. The smallest absolute Gasteiger partial charge is 0.329 e. The maximum absolute atomic E-state index is 11.5. The van der Waals surface area contributed by atoms with Gasteiger partial charge >= 0.3 is 5.69 Å². The summed E-state index contributed by atoms with van der Waals surface area (Å²) in [5, 5.41) is 10.8. The quantitative estimate of drug-likeness (QED) is 0.449. The lowest BCUT2D eigenvalue weighted by Crippen LogP contribution is -2.28. The fourth-order valence-electron chi connectivity index (χ4n) is 1.86. The van der Waals surface area contributed by atoms with Crippen molar-refractivity contribution in [3.63, 3.8) is 0 Å². The van der Waals surface area contributed by atoms with Crippen molar-refractivity contribution in [3.05, 3.63) is 21.6 Å². The third-order valence-electron chi connectivity index (χ3n) is 2.77. The molecule has 1 fully saturated rings. The van der Waals surface area contributed by atoms with Gasteiger partial charge in [-0.25, -0.2) is 13.4 Å². The molecule has 10 heteroatoms. The molecule has 0 N–H and O–H groups in total. The van der Waals surface area contributed by atoms with Gasteiger partial charge in [-0.3, -0.25) is 10.1 Å². The first-order chi connectivity index (χ1) is 8.89. The predicted octanol–water partition coefficient (Wildman–Crippen LogP) is 0.663. The van der Waals surface area contributed by atoms with Gasteiger partial charge in [0.05, 0.1) is 16.4 Å². The van der Waals surface area contributed by atoms with Gasteiger partial charge in [-0.15, -0.1) is 0 Å². The van der Waals surface area contributed by atoms with Gasteiger partial charge in [0, 0.05) is 13.1 Å². The third kappa shape index (κ3) is 3.29. The van der Waals surface area contributed by atoms with E-state index in [0.29, 0.717) is 13.0 Å². The number of nitro groups is 1. The number of nitrogens with zero attached hydrogens (tertiary/aromatic N) is 4. The summed E-state index contributed by atoms with van der Waals surface area (Å²) in [7, 11) is -3.09. The predicted molar refractivity (Wildman–Crippen MR) is 69.2 cm³/mol. The third-order valence-corrected chi connectivity index (χ3v) is 4.67. The van der Waals surface area contributed by atoms with Crippen LogP contribution in [0.3, 0.4) is 0 Å². The van der Waals surface area contributed by atoms with Crippen molar-refractivity contribution in [3.8, 4) is 0 Å². The molecular formula is C9H11ClN4O4S. The molecular weight excluding hydrogens is 296 g/mol. The Morgan fingerprint density at radius 3 is 2.79 bits per heavy atom. The lowest BCUT2D eigenvalue weighted by Gasteiger charge is -2.20. The minimum Gasteiger partial charge on any atom is -0.350 e. The van der Waals surface area contributed by atoms with Gasteiger partial charge in [0.25, 0.3) is 0 Å². The Bertz CT molecular complexity index is 606. The highest BCUT2D eigenvalue weighted by Gasteiger charge is 2.26. The van der Waals surface area contributed by atoms with Crippen LogP contribution in [0.2, 0.25) is 5.28 Å². The van der Waals surface area contributed by atoms with E-state index in [1.807, 2.05) is 0 Å². The van der Waals surface area contributed by atoms with Crippen LogP contribution in [0.15, 0.2) is 6.20 Å². The molecule has 19 heavy (non-hydrogen) atoms. The van der Waals surface area contributed by atoms with Crippen molar-refractivity contribution >= 4 is 32.9 Å². The first kappa shape index (κ1) is 13.9. The zero-order valence-corrected chi connectivity index (χ0v) is 11.4. The molecule has 1 aromatic heterocycles. The first-order valence-corrected chi connectivity index (χ1v) is 7.71. The van der Waals surface area contributed by atoms with Gasteiger partial charge in [0.1, 0.15) is 6.20 Å². The van der Waals surface area contributed by atoms with Gasteiger partial charge < -0.3 is 4.90 Å². The van der Waals surface area contributed by atoms with Crippen LogP contribution in [0.4, 0.5) is 11.5 Å². The van der Waals surface area contributed by atoms with Crippen molar-refractivity contribution < 1.29 is 13.3 Å². The minimum atomic E-state index is -3.09. The Morgan fingerprint density at radius 2 is 2.11 bits per heavy atom. The van der Waals surface area contributed by atoms with Crippen LogP contribution in [0.1, 0.15) is 6.42 Å². The molecule has 1 aromatic rings. The van der Waals surface area contributed by atoms with E-state index in [1.165, 1.54) is 0 Å². The van der Waals surface area contributed by atoms with Crippen LogP contribution in [0, 0.1) is 10.1 Å². The zero-order chi connectivity index (χ0) is 14.0. The van der Waals surface area contributed by atoms with Gasteiger partial charge in [0.15, 0.2) is 9.84 Å². The van der Waals surface area contributed by atoms with E-state index < -0.39 is 14.8 Å². The molecule has 0 radical (unpaired) electrons. The van der Waals surface area contributed by atoms with Crippen LogP contribution in [-0.2, 0) is 9.84 Å². The number of aromatic nitrogens is 2. The van der Waals surface area contributed by atoms with Crippen LogP contribution in [0.5, 0.6) is 0 Å². The molecule has 0 spiro atoms. The summed E-state index contributed by atoms with van der Waals surface area (Å²) in [4.78, 5) is 19.3. The molecule has 1 aliphatic heterocycles. The van der Waals surface area contributed by atoms with Crippen molar-refractivity contribution in [1.29, 1.82) is 0 Å². The average Bonchev–Trinajstić information content (AvgIpc) is 2.49. The summed E-state index contributed by atoms with van der Waals surface area (Å²) in [5.74, 6) is 0.101. The Hall–Kier alpha value is -1.48. The van der Waals surface area contributed by atoms with Gasteiger partial charge in [-0.05, 0) is 18.0 Å². The number of sulfone groups is 1. The number of halogens is 1. The molecule has 0 amide bonds. The van der Waals surface area contributed by atoms with E-state index in [2.05, 4.69) is 9.97 Å². The summed E-state index contributed by atoms with van der Waals surface area (Å²) in [6, 6.07) is 0. The topological polar surface area (TPSA) is 106 Å². The standard InChI is InChI=1S/C9H11ClN4O4S/c10-9-11-6-7(14(15)16)8(12-9)13-2-1-4-19(17,18)5-3-13/h6H,1-5H2. The molecule has 104 valence electrons. The Kier molecular flexibility index (Phi) is 3.85. The second-order valence-electron chi connectivity index (χ2n) is 4.10. The molecule has 2 heterocycles. The SMILES string of the molecule is O=[N+]([O-])c1cnc(Cl)nc1N1CCCS(=O)(=O)CC1. The van der Waals surface area contributed by atoms with E-state index in [1.54, 1.807) is 4.90 Å². The highest BCUT2D eigenvalue weighted by atomic mass is 35.5. The fraction of sp³-hybridized carbons (Fsp3) is 0.556. The molecule has 0 unspecified atom stereocenters. The first-order valence-electron chi connectivity index (χ1n) is 5.51. The molecule has 0 atom stereocenters. The highest BCUT2D eigenvalue weighted by Crippen LogP contribution is 2.27. The molecule has 1 aliphatic rings. The maximum Gasteiger partial charge on any atom is 0.329 e. The van der Waals surface area contributed by atoms with E-state index in [9.17, 15) is 18.5 Å². The van der Waals surface area contributed by atoms with Crippen LogP contribution in [0.25, 0.3) is 0 Å². The second kappa shape index (κ2) is 5.25.